The van der Waals surface area contributed by atoms with Crippen molar-refractivity contribution in [2.45, 2.75) is 44.8 Å². The predicted molar refractivity (Wildman–Crippen MR) is 104 cm³/mol. The minimum absolute atomic E-state index is 0.242. The number of hydrogen-bond donors (Lipinski definition) is 2. The topological polar surface area (TPSA) is 84.9 Å². The molecule has 1 aliphatic rings. The second-order valence-electron chi connectivity index (χ2n) is 8.01. The Kier molecular flexibility index (Phi) is 5.42. The first-order chi connectivity index (χ1) is 13.2. The van der Waals surface area contributed by atoms with Gasteiger partial charge in [-0.05, 0) is 50.5 Å². The van der Waals surface area contributed by atoms with Crippen LogP contribution in [-0.4, -0.2) is 22.6 Å². The molecule has 0 heterocycles. The number of benzene rings is 2. The van der Waals surface area contributed by atoms with E-state index in [1.165, 1.54) is 0 Å². The van der Waals surface area contributed by atoms with E-state index < -0.39 is 28.8 Å². The summed E-state index contributed by atoms with van der Waals surface area (Å²) >= 11 is 0. The van der Waals surface area contributed by atoms with Gasteiger partial charge in [0, 0.05) is 0 Å². The molecule has 1 aliphatic carbocycles. The van der Waals surface area contributed by atoms with Gasteiger partial charge in [-0.2, -0.15) is 0 Å². The zero-order valence-corrected chi connectivity index (χ0v) is 16.3. The maximum Gasteiger partial charge on any atom is 0.314 e. The molecule has 1 amide bonds. The van der Waals surface area contributed by atoms with Crippen LogP contribution in [0.3, 0.4) is 0 Å². The van der Waals surface area contributed by atoms with Gasteiger partial charge in [0.2, 0.25) is 5.91 Å². The summed E-state index contributed by atoms with van der Waals surface area (Å²) in [6.07, 6.45) is 0.242. The summed E-state index contributed by atoms with van der Waals surface area (Å²) in [5, 5.41) is 9.77. The van der Waals surface area contributed by atoms with Crippen molar-refractivity contribution < 1.29 is 24.3 Å². The Morgan fingerprint density at radius 3 is 2.32 bits per heavy atom. The highest BCUT2D eigenvalue weighted by molar-refractivity contribution is 5.97. The average Bonchev–Trinajstić information content (AvgIpc) is 3.42. The fraction of sp³-hybridized carbons (Fsp3) is 0.364. The zero-order valence-electron chi connectivity index (χ0n) is 16.3. The van der Waals surface area contributed by atoms with Crippen LogP contribution in [0.25, 0.3) is 0 Å². The number of carboxylic acids is 1. The number of aliphatic carboxylic acids is 1. The third kappa shape index (κ3) is 4.34. The van der Waals surface area contributed by atoms with Gasteiger partial charge >= 0.3 is 5.97 Å². The first-order valence-electron chi connectivity index (χ1n) is 9.21. The number of carbonyl (C=O) groups excluding carboxylic acids is 1. The summed E-state index contributed by atoms with van der Waals surface area (Å²) in [4.78, 5) is 29.6. The van der Waals surface area contributed by atoms with Crippen molar-refractivity contribution in [2.24, 2.45) is 5.92 Å². The summed E-state index contributed by atoms with van der Waals surface area (Å²) in [6, 6.07) is 16.7. The Hall–Kier alpha value is -2.86. The van der Waals surface area contributed by atoms with Crippen LogP contribution < -0.4 is 10.2 Å². The van der Waals surface area contributed by atoms with Crippen LogP contribution in [-0.2, 0) is 26.4 Å². The molecule has 2 N–H and O–H groups in total. The highest BCUT2D eigenvalue weighted by atomic mass is 16.7. The van der Waals surface area contributed by atoms with E-state index in [0.29, 0.717) is 17.9 Å². The molecule has 0 bridgehead atoms. The Bertz CT molecular complexity index is 841. The van der Waals surface area contributed by atoms with Gasteiger partial charge in [-0.25, -0.2) is 5.48 Å². The number of hydrogen-bond acceptors (Lipinski definition) is 4. The van der Waals surface area contributed by atoms with Crippen molar-refractivity contribution in [3.05, 3.63) is 65.7 Å². The van der Waals surface area contributed by atoms with E-state index >= 15 is 0 Å². The fourth-order valence-electron chi connectivity index (χ4n) is 3.12. The SMILES string of the molecule is CC(C)(C)ONC(=O)[C@H]1C[C@@]1(C(=O)O)c1ccc(OCc2ccccc2)cc1. The fourth-order valence-corrected chi connectivity index (χ4v) is 3.12. The van der Waals surface area contributed by atoms with Gasteiger partial charge in [-0.15, -0.1) is 0 Å². The van der Waals surface area contributed by atoms with Crippen LogP contribution >= 0.6 is 0 Å². The van der Waals surface area contributed by atoms with E-state index in [0.717, 1.165) is 5.56 Å². The molecule has 148 valence electrons. The standard InChI is InChI=1S/C22H25NO5/c1-21(2,3)28-23-19(24)18-13-22(18,20(25)26)16-9-11-17(12-10-16)27-14-15-7-5-4-6-8-15/h4-12,18H,13-14H2,1-3H3,(H,23,24)(H,25,26)/t18-,22-/m1/s1. The number of carbonyl (C=O) groups is 2. The van der Waals surface area contributed by atoms with Gasteiger partial charge in [-0.1, -0.05) is 42.5 Å². The minimum Gasteiger partial charge on any atom is -0.489 e. The second-order valence-corrected chi connectivity index (χ2v) is 8.01. The highest BCUT2D eigenvalue weighted by Gasteiger charge is 2.65. The van der Waals surface area contributed by atoms with Crippen LogP contribution in [0.1, 0.15) is 38.3 Å². The van der Waals surface area contributed by atoms with Gasteiger partial charge in [0.25, 0.3) is 0 Å². The van der Waals surface area contributed by atoms with Crippen LogP contribution in [0.5, 0.6) is 5.75 Å². The van der Waals surface area contributed by atoms with E-state index in [1.807, 2.05) is 30.3 Å². The molecule has 3 rings (SSSR count). The monoisotopic (exact) mass is 383 g/mol. The van der Waals surface area contributed by atoms with Crippen LogP contribution in [0.2, 0.25) is 0 Å². The predicted octanol–water partition coefficient (Wildman–Crippen LogP) is 3.45. The largest absolute Gasteiger partial charge is 0.489 e. The molecule has 6 nitrogen and oxygen atoms in total. The van der Waals surface area contributed by atoms with E-state index in [1.54, 1.807) is 45.0 Å². The first kappa shape index (κ1) is 19.9. The summed E-state index contributed by atoms with van der Waals surface area (Å²) in [6.45, 7) is 5.84. The molecule has 1 saturated carbocycles. The molecule has 6 heteroatoms. The highest BCUT2D eigenvalue weighted by Crippen LogP contribution is 2.55. The number of ether oxygens (including phenoxy) is 1. The first-order valence-corrected chi connectivity index (χ1v) is 9.21. The lowest BCUT2D eigenvalue weighted by Gasteiger charge is -2.20. The van der Waals surface area contributed by atoms with Gasteiger partial charge < -0.3 is 9.84 Å². The Morgan fingerprint density at radius 2 is 1.75 bits per heavy atom. The van der Waals surface area contributed by atoms with Crippen LogP contribution in [0.15, 0.2) is 54.6 Å². The van der Waals surface area contributed by atoms with Crippen LogP contribution in [0, 0.1) is 5.92 Å². The molecule has 0 unspecified atom stereocenters. The molecular formula is C22H25NO5. The van der Waals surface area contributed by atoms with Crippen molar-refractivity contribution in [1.29, 1.82) is 0 Å². The maximum atomic E-state index is 12.3. The second kappa shape index (κ2) is 7.64. The molecule has 0 radical (unpaired) electrons. The van der Waals surface area contributed by atoms with E-state index in [9.17, 15) is 14.7 Å². The van der Waals surface area contributed by atoms with Gasteiger partial charge in [0.1, 0.15) is 17.8 Å². The minimum atomic E-state index is -1.22. The van der Waals surface area contributed by atoms with E-state index in [2.05, 4.69) is 5.48 Å². The lowest BCUT2D eigenvalue weighted by atomic mass is 9.93. The number of nitrogens with one attached hydrogen (secondary N) is 1. The van der Waals surface area contributed by atoms with E-state index in [-0.39, 0.29) is 6.42 Å². The molecule has 0 aromatic heterocycles. The molecule has 28 heavy (non-hydrogen) atoms. The Labute approximate surface area is 164 Å². The Morgan fingerprint density at radius 1 is 1.11 bits per heavy atom. The molecule has 1 fully saturated rings. The average molecular weight is 383 g/mol. The summed E-state index contributed by atoms with van der Waals surface area (Å²) in [5.41, 5.74) is 2.25. The summed E-state index contributed by atoms with van der Waals surface area (Å²) in [5.74, 6) is -1.45. The molecule has 2 aromatic carbocycles. The third-order valence-corrected chi connectivity index (χ3v) is 4.73. The summed E-state index contributed by atoms with van der Waals surface area (Å²) < 4.78 is 5.74. The zero-order chi connectivity index (χ0) is 20.4. The molecule has 2 atom stereocenters. The quantitative estimate of drug-likeness (QED) is 0.716. The smallest absolute Gasteiger partial charge is 0.314 e. The number of amides is 1. The third-order valence-electron chi connectivity index (χ3n) is 4.73. The summed E-state index contributed by atoms with van der Waals surface area (Å²) in [7, 11) is 0. The van der Waals surface area contributed by atoms with Gasteiger partial charge in [-0.3, -0.25) is 14.4 Å². The maximum absolute atomic E-state index is 12.3. The lowest BCUT2D eigenvalue weighted by Crippen LogP contribution is -2.37. The number of rotatable bonds is 7. The number of carboxylic acid groups (broad SMARTS) is 1. The normalized spacial score (nSPS) is 21.0. The molecule has 0 spiro atoms. The molecule has 0 saturated heterocycles. The molecule has 0 aliphatic heterocycles. The van der Waals surface area contributed by atoms with E-state index in [4.69, 9.17) is 9.57 Å². The molecular weight excluding hydrogens is 358 g/mol. The van der Waals surface area contributed by atoms with Gasteiger partial charge in [0.05, 0.1) is 11.5 Å². The van der Waals surface area contributed by atoms with Crippen molar-refractivity contribution in [2.75, 3.05) is 0 Å². The van der Waals surface area contributed by atoms with Crippen molar-refractivity contribution in [1.82, 2.24) is 5.48 Å². The number of hydroxylamine groups is 1. The lowest BCUT2D eigenvalue weighted by molar-refractivity contribution is -0.150. The van der Waals surface area contributed by atoms with Crippen molar-refractivity contribution in [3.63, 3.8) is 0 Å². The van der Waals surface area contributed by atoms with Crippen LogP contribution in [0.4, 0.5) is 0 Å². The Balaban J connectivity index is 1.67. The van der Waals surface area contributed by atoms with Crippen molar-refractivity contribution >= 4 is 11.9 Å². The molecule has 2 aromatic rings. The van der Waals surface area contributed by atoms with Crippen molar-refractivity contribution in [3.8, 4) is 5.75 Å². The van der Waals surface area contributed by atoms with Gasteiger partial charge in [0.15, 0.2) is 0 Å².